The van der Waals surface area contributed by atoms with Crippen molar-refractivity contribution in [3.8, 4) is 11.1 Å². The van der Waals surface area contributed by atoms with Crippen molar-refractivity contribution in [2.24, 2.45) is 0 Å². The van der Waals surface area contributed by atoms with Gasteiger partial charge in [0.05, 0.1) is 22.4 Å². The number of imide groups is 1. The number of hydrogen-bond acceptors (Lipinski definition) is 3. The second-order valence-electron chi connectivity index (χ2n) is 7.06. The lowest BCUT2D eigenvalue weighted by molar-refractivity contribution is 0.0696. The molecule has 0 atom stereocenters. The van der Waals surface area contributed by atoms with E-state index in [2.05, 4.69) is 0 Å². The number of fused-ring (bicyclic) bond motifs is 2. The van der Waals surface area contributed by atoms with Crippen molar-refractivity contribution in [1.29, 1.82) is 0 Å². The number of carbonyl (C=O) groups excluding carboxylic acids is 2. The molecule has 1 aliphatic heterocycles. The van der Waals surface area contributed by atoms with Gasteiger partial charge in [0, 0.05) is 5.56 Å². The average Bonchev–Trinajstić information content (AvgIpc) is 3.02. The van der Waals surface area contributed by atoms with E-state index < -0.39 is 17.8 Å². The number of rotatable bonds is 3. The van der Waals surface area contributed by atoms with Gasteiger partial charge in [-0.15, -0.1) is 0 Å². The molecule has 1 heterocycles. The zero-order chi connectivity index (χ0) is 20.8. The van der Waals surface area contributed by atoms with E-state index >= 15 is 0 Å². The van der Waals surface area contributed by atoms with Gasteiger partial charge in [0.25, 0.3) is 11.8 Å². The molecule has 2 amide bonds. The fourth-order valence-corrected chi connectivity index (χ4v) is 3.96. The van der Waals surface area contributed by atoms with Crippen LogP contribution in [0.2, 0.25) is 0 Å². The van der Waals surface area contributed by atoms with Gasteiger partial charge in [-0.2, -0.15) is 0 Å². The number of amides is 2. The smallest absolute Gasteiger partial charge is 0.335 e. The highest BCUT2D eigenvalue weighted by Crippen LogP contribution is 2.40. The number of carboxylic acid groups (broad SMARTS) is 1. The monoisotopic (exact) mass is 393 g/mol. The van der Waals surface area contributed by atoms with Crippen LogP contribution in [0.25, 0.3) is 21.9 Å². The van der Waals surface area contributed by atoms with Gasteiger partial charge in [0.1, 0.15) is 0 Å². The summed E-state index contributed by atoms with van der Waals surface area (Å²) in [4.78, 5) is 38.9. The summed E-state index contributed by atoms with van der Waals surface area (Å²) in [6.07, 6.45) is 0. The number of aromatic carboxylic acids is 1. The predicted octanol–water partition coefficient (Wildman–Crippen LogP) is 5.01. The van der Waals surface area contributed by atoms with E-state index in [0.29, 0.717) is 16.8 Å². The third-order valence-electron chi connectivity index (χ3n) is 5.33. The number of carbonyl (C=O) groups is 3. The zero-order valence-electron chi connectivity index (χ0n) is 15.7. The molecule has 0 saturated carbocycles. The lowest BCUT2D eigenvalue weighted by Gasteiger charge is -2.14. The quantitative estimate of drug-likeness (QED) is 0.497. The van der Waals surface area contributed by atoms with E-state index in [-0.39, 0.29) is 5.56 Å². The van der Waals surface area contributed by atoms with E-state index in [1.807, 2.05) is 54.6 Å². The molecule has 144 valence electrons. The Labute approximate surface area is 171 Å². The summed E-state index contributed by atoms with van der Waals surface area (Å²) < 4.78 is 0. The van der Waals surface area contributed by atoms with Crippen LogP contribution >= 0.6 is 0 Å². The summed E-state index contributed by atoms with van der Waals surface area (Å²) in [5, 5.41) is 10.9. The SMILES string of the molecule is O=C(O)c1ccc(N2C(=O)c3cc4ccccc4c(-c4ccccc4)c3C2=O)cc1. The number of benzene rings is 4. The predicted molar refractivity (Wildman–Crippen MR) is 114 cm³/mol. The van der Waals surface area contributed by atoms with Gasteiger partial charge in [-0.05, 0) is 46.7 Å². The molecule has 5 nitrogen and oxygen atoms in total. The van der Waals surface area contributed by atoms with Gasteiger partial charge in [-0.1, -0.05) is 54.6 Å². The van der Waals surface area contributed by atoms with Crippen molar-refractivity contribution in [3.63, 3.8) is 0 Å². The molecule has 1 aliphatic rings. The number of nitrogens with zero attached hydrogens (tertiary/aromatic N) is 1. The Hall–Kier alpha value is -4.25. The van der Waals surface area contributed by atoms with Gasteiger partial charge in [0.15, 0.2) is 0 Å². The van der Waals surface area contributed by atoms with Crippen molar-refractivity contribution in [3.05, 3.63) is 102 Å². The molecule has 1 N–H and O–H groups in total. The first-order valence-electron chi connectivity index (χ1n) is 9.39. The first-order chi connectivity index (χ1) is 14.6. The topological polar surface area (TPSA) is 74.7 Å². The van der Waals surface area contributed by atoms with E-state index in [0.717, 1.165) is 26.8 Å². The summed E-state index contributed by atoms with van der Waals surface area (Å²) in [6, 6.07) is 24.7. The molecule has 0 fully saturated rings. The summed E-state index contributed by atoms with van der Waals surface area (Å²) >= 11 is 0. The maximum atomic E-state index is 13.5. The number of hydrogen-bond donors (Lipinski definition) is 1. The third kappa shape index (κ3) is 2.60. The maximum Gasteiger partial charge on any atom is 0.335 e. The lowest BCUT2D eigenvalue weighted by atomic mass is 9.90. The second kappa shape index (κ2) is 6.67. The van der Waals surface area contributed by atoms with Gasteiger partial charge < -0.3 is 5.11 Å². The largest absolute Gasteiger partial charge is 0.478 e. The van der Waals surface area contributed by atoms with Crippen LogP contribution < -0.4 is 4.90 Å². The average molecular weight is 393 g/mol. The summed E-state index contributed by atoms with van der Waals surface area (Å²) in [5.74, 6) is -1.90. The molecular weight excluding hydrogens is 378 g/mol. The minimum Gasteiger partial charge on any atom is -0.478 e. The van der Waals surface area contributed by atoms with Crippen LogP contribution in [-0.4, -0.2) is 22.9 Å². The van der Waals surface area contributed by atoms with Gasteiger partial charge >= 0.3 is 5.97 Å². The molecule has 0 aliphatic carbocycles. The molecule has 0 aromatic heterocycles. The molecule has 0 unspecified atom stereocenters. The minimum absolute atomic E-state index is 0.0890. The van der Waals surface area contributed by atoms with E-state index in [9.17, 15) is 14.4 Å². The Morgan fingerprint density at radius 1 is 0.733 bits per heavy atom. The van der Waals surface area contributed by atoms with Crippen LogP contribution in [0.1, 0.15) is 31.1 Å². The van der Waals surface area contributed by atoms with Gasteiger partial charge in [-0.3, -0.25) is 9.59 Å². The van der Waals surface area contributed by atoms with Crippen LogP contribution in [0.4, 0.5) is 5.69 Å². The van der Waals surface area contributed by atoms with E-state index in [4.69, 9.17) is 5.11 Å². The molecule has 4 aromatic rings. The first-order valence-corrected chi connectivity index (χ1v) is 9.39. The standard InChI is InChI=1S/C25H15NO4/c27-23-20-14-17-8-4-5-9-19(17)21(15-6-2-1-3-7-15)22(20)24(28)26(23)18-12-10-16(11-13-18)25(29)30/h1-14H,(H,29,30). The number of carboxylic acids is 1. The van der Waals surface area contributed by atoms with Gasteiger partial charge in [-0.25, -0.2) is 9.69 Å². The number of anilines is 1. The van der Waals surface area contributed by atoms with Crippen LogP contribution in [-0.2, 0) is 0 Å². The molecule has 5 rings (SSSR count). The summed E-state index contributed by atoms with van der Waals surface area (Å²) in [5.41, 5.74) is 2.73. The Balaban J connectivity index is 1.74. The molecule has 4 aromatic carbocycles. The molecule has 0 saturated heterocycles. The molecule has 0 radical (unpaired) electrons. The molecule has 0 spiro atoms. The van der Waals surface area contributed by atoms with E-state index in [1.54, 1.807) is 6.07 Å². The highest BCUT2D eigenvalue weighted by Gasteiger charge is 2.39. The normalized spacial score (nSPS) is 13.0. The van der Waals surface area contributed by atoms with Crippen LogP contribution in [0, 0.1) is 0 Å². The van der Waals surface area contributed by atoms with Crippen molar-refractivity contribution in [1.82, 2.24) is 0 Å². The molecular formula is C25H15NO4. The lowest BCUT2D eigenvalue weighted by Crippen LogP contribution is -2.29. The Morgan fingerprint density at radius 3 is 2.10 bits per heavy atom. The maximum absolute atomic E-state index is 13.5. The Kier molecular flexibility index (Phi) is 3.96. The first kappa shape index (κ1) is 17.8. The third-order valence-corrected chi connectivity index (χ3v) is 5.33. The fraction of sp³-hybridized carbons (Fsp3) is 0. The van der Waals surface area contributed by atoms with Crippen molar-refractivity contribution in [2.45, 2.75) is 0 Å². The van der Waals surface area contributed by atoms with Crippen LogP contribution in [0.3, 0.4) is 0 Å². The van der Waals surface area contributed by atoms with Crippen molar-refractivity contribution >= 4 is 34.2 Å². The minimum atomic E-state index is -1.07. The van der Waals surface area contributed by atoms with Crippen LogP contribution in [0.5, 0.6) is 0 Å². The fourth-order valence-electron chi connectivity index (χ4n) is 3.96. The molecule has 30 heavy (non-hydrogen) atoms. The summed E-state index contributed by atoms with van der Waals surface area (Å²) in [6.45, 7) is 0. The highest BCUT2D eigenvalue weighted by molar-refractivity contribution is 6.38. The van der Waals surface area contributed by atoms with E-state index in [1.165, 1.54) is 24.3 Å². The van der Waals surface area contributed by atoms with Crippen molar-refractivity contribution < 1.29 is 19.5 Å². The van der Waals surface area contributed by atoms with Crippen LogP contribution in [0.15, 0.2) is 84.9 Å². The Morgan fingerprint density at radius 2 is 1.40 bits per heavy atom. The summed E-state index contributed by atoms with van der Waals surface area (Å²) in [7, 11) is 0. The van der Waals surface area contributed by atoms with Crippen molar-refractivity contribution in [2.75, 3.05) is 4.90 Å². The molecule has 0 bridgehead atoms. The highest BCUT2D eigenvalue weighted by atomic mass is 16.4. The zero-order valence-corrected chi connectivity index (χ0v) is 15.7. The molecule has 5 heteroatoms. The second-order valence-corrected chi connectivity index (χ2v) is 7.06. The Bertz CT molecular complexity index is 1340. The van der Waals surface area contributed by atoms with Gasteiger partial charge in [0.2, 0.25) is 0 Å².